The lowest BCUT2D eigenvalue weighted by Crippen LogP contribution is -2.27. The van der Waals surface area contributed by atoms with Gasteiger partial charge in [0, 0.05) is 11.6 Å². The van der Waals surface area contributed by atoms with Crippen molar-refractivity contribution in [2.75, 3.05) is 5.32 Å². The summed E-state index contributed by atoms with van der Waals surface area (Å²) >= 11 is 1.29. The number of amides is 1. The van der Waals surface area contributed by atoms with Gasteiger partial charge in [0.25, 0.3) is 0 Å². The summed E-state index contributed by atoms with van der Waals surface area (Å²) in [6, 6.07) is 5.52. The van der Waals surface area contributed by atoms with Gasteiger partial charge < -0.3 is 4.74 Å². The molecule has 0 radical (unpaired) electrons. The second kappa shape index (κ2) is 6.37. The van der Waals surface area contributed by atoms with Gasteiger partial charge in [-0.25, -0.2) is 14.8 Å². The number of pyridine rings is 1. The number of nitrogens with zero attached hydrogens (tertiary/aromatic N) is 2. The first kappa shape index (κ1) is 15.0. The van der Waals surface area contributed by atoms with Crippen molar-refractivity contribution in [1.82, 2.24) is 9.97 Å². The SMILES string of the molecule is CC(C)(C)OC(=O)Nc1nc(C#Cc2ccccn2)cs1. The van der Waals surface area contributed by atoms with Crippen molar-refractivity contribution in [1.29, 1.82) is 0 Å². The number of anilines is 1. The van der Waals surface area contributed by atoms with Crippen LogP contribution < -0.4 is 5.32 Å². The van der Waals surface area contributed by atoms with Gasteiger partial charge >= 0.3 is 6.09 Å². The summed E-state index contributed by atoms with van der Waals surface area (Å²) in [6.45, 7) is 5.41. The van der Waals surface area contributed by atoms with Crippen LogP contribution in [0.3, 0.4) is 0 Å². The van der Waals surface area contributed by atoms with Crippen LogP contribution in [0, 0.1) is 11.8 Å². The van der Waals surface area contributed by atoms with Crippen molar-refractivity contribution in [3.8, 4) is 11.8 Å². The number of nitrogens with one attached hydrogen (secondary N) is 1. The average Bonchev–Trinajstić information content (AvgIpc) is 2.83. The molecule has 5 nitrogen and oxygen atoms in total. The fourth-order valence-electron chi connectivity index (χ4n) is 1.34. The van der Waals surface area contributed by atoms with Gasteiger partial charge in [-0.3, -0.25) is 5.32 Å². The van der Waals surface area contributed by atoms with Gasteiger partial charge in [0.1, 0.15) is 17.0 Å². The maximum Gasteiger partial charge on any atom is 0.413 e. The van der Waals surface area contributed by atoms with E-state index in [-0.39, 0.29) is 0 Å². The average molecular weight is 301 g/mol. The molecule has 0 saturated heterocycles. The van der Waals surface area contributed by atoms with Crippen LogP contribution in [-0.4, -0.2) is 21.7 Å². The minimum atomic E-state index is -0.539. The van der Waals surface area contributed by atoms with E-state index in [0.717, 1.165) is 0 Å². The molecular formula is C15H15N3O2S. The lowest BCUT2D eigenvalue weighted by Gasteiger charge is -2.18. The summed E-state index contributed by atoms with van der Waals surface area (Å²) in [4.78, 5) is 19.9. The Labute approximate surface area is 127 Å². The molecule has 0 aliphatic heterocycles. The fourth-order valence-corrected chi connectivity index (χ4v) is 1.97. The third-order valence-corrected chi connectivity index (χ3v) is 2.85. The molecule has 2 heterocycles. The zero-order valence-electron chi connectivity index (χ0n) is 12.0. The second-order valence-electron chi connectivity index (χ2n) is 5.13. The van der Waals surface area contributed by atoms with Gasteiger partial charge in [-0.15, -0.1) is 11.3 Å². The van der Waals surface area contributed by atoms with Gasteiger partial charge in [0.15, 0.2) is 5.13 Å². The molecule has 0 aliphatic rings. The largest absolute Gasteiger partial charge is 0.444 e. The number of rotatable bonds is 1. The zero-order valence-corrected chi connectivity index (χ0v) is 12.8. The molecule has 0 spiro atoms. The van der Waals surface area contributed by atoms with Crippen molar-refractivity contribution >= 4 is 22.6 Å². The van der Waals surface area contributed by atoms with Gasteiger partial charge in [-0.1, -0.05) is 6.07 Å². The summed E-state index contributed by atoms with van der Waals surface area (Å²) in [5.74, 6) is 5.80. The number of ether oxygens (including phenoxy) is 1. The van der Waals surface area contributed by atoms with Gasteiger partial charge in [0.2, 0.25) is 0 Å². The molecule has 0 atom stereocenters. The Morgan fingerprint density at radius 2 is 2.05 bits per heavy atom. The van der Waals surface area contributed by atoms with E-state index in [1.54, 1.807) is 32.3 Å². The molecule has 0 saturated carbocycles. The van der Waals surface area contributed by atoms with Crippen LogP contribution in [0.4, 0.5) is 9.93 Å². The van der Waals surface area contributed by atoms with E-state index < -0.39 is 11.7 Å². The van der Waals surface area contributed by atoms with Crippen LogP contribution in [-0.2, 0) is 4.74 Å². The molecule has 108 valence electrons. The van der Waals surface area contributed by atoms with Gasteiger partial charge in [0.05, 0.1) is 0 Å². The van der Waals surface area contributed by atoms with E-state index in [2.05, 4.69) is 27.1 Å². The Morgan fingerprint density at radius 1 is 1.29 bits per heavy atom. The van der Waals surface area contributed by atoms with Crippen LogP contribution in [0.25, 0.3) is 0 Å². The van der Waals surface area contributed by atoms with Crippen LogP contribution in [0.2, 0.25) is 0 Å². The van der Waals surface area contributed by atoms with E-state index in [1.807, 2.05) is 18.2 Å². The summed E-state index contributed by atoms with van der Waals surface area (Å²) in [5, 5.41) is 4.80. The second-order valence-corrected chi connectivity index (χ2v) is 5.99. The Kier molecular flexibility index (Phi) is 4.55. The highest BCUT2D eigenvalue weighted by atomic mass is 32.1. The molecule has 0 aromatic carbocycles. The van der Waals surface area contributed by atoms with Crippen molar-refractivity contribution < 1.29 is 9.53 Å². The minimum absolute atomic E-state index is 0.453. The van der Waals surface area contributed by atoms with Crippen LogP contribution in [0.1, 0.15) is 32.2 Å². The highest BCUT2D eigenvalue weighted by Crippen LogP contribution is 2.16. The van der Waals surface area contributed by atoms with Gasteiger partial charge in [-0.2, -0.15) is 0 Å². The number of aromatic nitrogens is 2. The first-order valence-corrected chi connectivity index (χ1v) is 7.19. The molecule has 2 rings (SSSR count). The molecule has 2 aromatic heterocycles. The molecule has 0 bridgehead atoms. The van der Waals surface area contributed by atoms with Crippen molar-refractivity contribution in [2.45, 2.75) is 26.4 Å². The molecule has 6 heteroatoms. The molecule has 0 fully saturated rings. The smallest absolute Gasteiger partial charge is 0.413 e. The van der Waals surface area contributed by atoms with Crippen molar-refractivity contribution in [3.05, 3.63) is 41.2 Å². The number of hydrogen-bond donors (Lipinski definition) is 1. The van der Waals surface area contributed by atoms with E-state index in [4.69, 9.17) is 4.74 Å². The zero-order chi connectivity index (χ0) is 15.3. The molecule has 0 unspecified atom stereocenters. The maximum atomic E-state index is 11.6. The first-order valence-electron chi connectivity index (χ1n) is 6.31. The van der Waals surface area contributed by atoms with E-state index in [0.29, 0.717) is 16.5 Å². The predicted molar refractivity (Wildman–Crippen MR) is 82.2 cm³/mol. The molecule has 1 amide bonds. The van der Waals surface area contributed by atoms with Crippen molar-refractivity contribution in [3.63, 3.8) is 0 Å². The van der Waals surface area contributed by atoms with Crippen LogP contribution in [0.15, 0.2) is 29.8 Å². The third-order valence-electron chi connectivity index (χ3n) is 2.10. The fraction of sp³-hybridized carbons (Fsp3) is 0.267. The normalized spacial score (nSPS) is 10.4. The summed E-state index contributed by atoms with van der Waals surface area (Å²) in [7, 11) is 0. The Balaban J connectivity index is 1.99. The Morgan fingerprint density at radius 3 is 2.71 bits per heavy atom. The van der Waals surface area contributed by atoms with E-state index in [1.165, 1.54) is 11.3 Å². The molecule has 2 aromatic rings. The van der Waals surface area contributed by atoms with Gasteiger partial charge in [-0.05, 0) is 44.7 Å². The number of carbonyl (C=O) groups excluding carboxylic acids is 1. The first-order chi connectivity index (χ1) is 9.92. The monoisotopic (exact) mass is 301 g/mol. The summed E-state index contributed by atoms with van der Waals surface area (Å²) < 4.78 is 5.15. The van der Waals surface area contributed by atoms with E-state index >= 15 is 0 Å². The summed E-state index contributed by atoms with van der Waals surface area (Å²) in [6.07, 6.45) is 1.15. The molecule has 0 aliphatic carbocycles. The quantitative estimate of drug-likeness (QED) is 0.821. The highest BCUT2D eigenvalue weighted by molar-refractivity contribution is 7.14. The van der Waals surface area contributed by atoms with E-state index in [9.17, 15) is 4.79 Å². The Hall–Kier alpha value is -2.39. The van der Waals surface area contributed by atoms with Crippen molar-refractivity contribution in [2.24, 2.45) is 0 Å². The lowest BCUT2D eigenvalue weighted by molar-refractivity contribution is 0.0636. The third kappa shape index (κ3) is 5.24. The maximum absolute atomic E-state index is 11.6. The highest BCUT2D eigenvalue weighted by Gasteiger charge is 2.17. The minimum Gasteiger partial charge on any atom is -0.444 e. The molecule has 1 N–H and O–H groups in total. The molecular weight excluding hydrogens is 286 g/mol. The van der Waals surface area contributed by atoms with Crippen LogP contribution in [0.5, 0.6) is 0 Å². The molecule has 21 heavy (non-hydrogen) atoms. The number of carbonyl (C=O) groups is 1. The standard InChI is InChI=1S/C15H15N3O2S/c1-15(2,3)20-14(19)18-13-17-12(10-21-13)8-7-11-6-4-5-9-16-11/h4-6,9-10H,1-3H3,(H,17,18,19). The van der Waals surface area contributed by atoms with Crippen LogP contribution >= 0.6 is 11.3 Å². The topological polar surface area (TPSA) is 64.1 Å². The lowest BCUT2D eigenvalue weighted by atomic mass is 10.2. The number of hydrogen-bond acceptors (Lipinski definition) is 5. The summed E-state index contributed by atoms with van der Waals surface area (Å²) in [5.41, 5.74) is 0.715. The predicted octanol–water partition coefficient (Wildman–Crippen LogP) is 3.28. The Bertz CT molecular complexity index is 678. The number of thiazole rings is 1.